The van der Waals surface area contributed by atoms with Crippen molar-refractivity contribution in [1.82, 2.24) is 9.97 Å². The first kappa shape index (κ1) is 16.7. The van der Waals surface area contributed by atoms with E-state index in [1.807, 2.05) is 63.2 Å². The van der Waals surface area contributed by atoms with E-state index in [1.165, 1.54) is 0 Å². The molecule has 122 valence electrons. The summed E-state index contributed by atoms with van der Waals surface area (Å²) in [7, 11) is 3.89. The van der Waals surface area contributed by atoms with E-state index in [1.54, 1.807) is 0 Å². The summed E-state index contributed by atoms with van der Waals surface area (Å²) in [5.74, 6) is 1.44. The summed E-state index contributed by atoms with van der Waals surface area (Å²) in [6.07, 6.45) is 1.37. The maximum absolute atomic E-state index is 11.6. The number of aryl methyl sites for hydroxylation is 1. The molecular weight excluding hydrogens is 290 g/mol. The van der Waals surface area contributed by atoms with Gasteiger partial charge in [-0.25, -0.2) is 4.98 Å². The molecule has 0 fully saturated rings. The standard InChI is InChI=1S/C17H23N5O/c1-5-6-16(23)19-13-7-9-14(10-8-13)20-17-18-12(2)11-15(21-17)22(3)4/h7-11H,5-6H2,1-4H3,(H,19,23)(H,18,20,21). The lowest BCUT2D eigenvalue weighted by Gasteiger charge is -2.14. The van der Waals surface area contributed by atoms with Crippen LogP contribution in [-0.2, 0) is 4.79 Å². The van der Waals surface area contributed by atoms with E-state index in [9.17, 15) is 4.79 Å². The van der Waals surface area contributed by atoms with Gasteiger partial charge in [0.25, 0.3) is 0 Å². The quantitative estimate of drug-likeness (QED) is 0.856. The third-order valence-corrected chi connectivity index (χ3v) is 3.20. The van der Waals surface area contributed by atoms with Crippen LogP contribution in [0.15, 0.2) is 30.3 Å². The van der Waals surface area contributed by atoms with Crippen LogP contribution < -0.4 is 15.5 Å². The third-order valence-electron chi connectivity index (χ3n) is 3.20. The summed E-state index contributed by atoms with van der Waals surface area (Å²) in [5, 5.41) is 6.05. The second-order valence-corrected chi connectivity index (χ2v) is 5.59. The predicted octanol–water partition coefficient (Wildman–Crippen LogP) is 3.33. The van der Waals surface area contributed by atoms with Crippen molar-refractivity contribution in [2.75, 3.05) is 29.6 Å². The number of hydrogen-bond donors (Lipinski definition) is 2. The average Bonchev–Trinajstić information content (AvgIpc) is 2.49. The molecule has 1 aromatic heterocycles. The molecule has 0 spiro atoms. The Labute approximate surface area is 137 Å². The van der Waals surface area contributed by atoms with Crippen LogP contribution in [0.3, 0.4) is 0 Å². The van der Waals surface area contributed by atoms with Gasteiger partial charge < -0.3 is 15.5 Å². The molecule has 2 N–H and O–H groups in total. The Balaban J connectivity index is 2.07. The number of benzene rings is 1. The van der Waals surface area contributed by atoms with Crippen molar-refractivity contribution in [1.29, 1.82) is 0 Å². The van der Waals surface area contributed by atoms with Gasteiger partial charge in [0.05, 0.1) is 0 Å². The minimum atomic E-state index is 0.0332. The van der Waals surface area contributed by atoms with E-state index in [-0.39, 0.29) is 5.91 Å². The number of aromatic nitrogens is 2. The van der Waals surface area contributed by atoms with E-state index in [4.69, 9.17) is 0 Å². The summed E-state index contributed by atoms with van der Waals surface area (Å²) in [4.78, 5) is 22.4. The zero-order valence-corrected chi connectivity index (χ0v) is 14.1. The van der Waals surface area contributed by atoms with Gasteiger partial charge in [-0.05, 0) is 37.6 Å². The minimum Gasteiger partial charge on any atom is -0.363 e. The van der Waals surface area contributed by atoms with Crippen LogP contribution in [0, 0.1) is 6.92 Å². The molecule has 6 heteroatoms. The first-order chi connectivity index (χ1) is 11.0. The second kappa shape index (κ2) is 7.58. The number of nitrogens with zero attached hydrogens (tertiary/aromatic N) is 3. The molecule has 2 aromatic rings. The summed E-state index contributed by atoms with van der Waals surface area (Å²) in [6.45, 7) is 3.92. The van der Waals surface area contributed by atoms with Gasteiger partial charge in [-0.1, -0.05) is 6.92 Å². The van der Waals surface area contributed by atoms with Crippen LogP contribution >= 0.6 is 0 Å². The number of rotatable bonds is 6. The molecule has 0 bridgehead atoms. The Bertz CT molecular complexity index is 667. The van der Waals surface area contributed by atoms with Gasteiger partial charge in [-0.2, -0.15) is 4.98 Å². The number of anilines is 4. The van der Waals surface area contributed by atoms with Crippen molar-refractivity contribution in [3.8, 4) is 0 Å². The molecular formula is C17H23N5O. The molecule has 1 aromatic carbocycles. The highest BCUT2D eigenvalue weighted by atomic mass is 16.1. The van der Waals surface area contributed by atoms with Gasteiger partial charge in [0.15, 0.2) is 0 Å². The SMILES string of the molecule is CCCC(=O)Nc1ccc(Nc2nc(C)cc(N(C)C)n2)cc1. The van der Waals surface area contributed by atoms with Crippen LogP contribution in [-0.4, -0.2) is 30.0 Å². The first-order valence-electron chi connectivity index (χ1n) is 7.68. The van der Waals surface area contributed by atoms with Crippen LogP contribution in [0.4, 0.5) is 23.1 Å². The number of nitrogens with one attached hydrogen (secondary N) is 2. The van der Waals surface area contributed by atoms with Gasteiger partial charge in [-0.15, -0.1) is 0 Å². The van der Waals surface area contributed by atoms with Crippen molar-refractivity contribution >= 4 is 29.0 Å². The first-order valence-corrected chi connectivity index (χ1v) is 7.68. The Hall–Kier alpha value is -2.63. The molecule has 0 aliphatic rings. The van der Waals surface area contributed by atoms with Crippen LogP contribution in [0.25, 0.3) is 0 Å². The van der Waals surface area contributed by atoms with Crippen LogP contribution in [0.2, 0.25) is 0 Å². The van der Waals surface area contributed by atoms with E-state index in [0.717, 1.165) is 29.3 Å². The van der Waals surface area contributed by atoms with Crippen LogP contribution in [0.1, 0.15) is 25.5 Å². The van der Waals surface area contributed by atoms with Crippen molar-refractivity contribution in [2.45, 2.75) is 26.7 Å². The fourth-order valence-corrected chi connectivity index (χ4v) is 2.05. The van der Waals surface area contributed by atoms with Crippen molar-refractivity contribution in [3.05, 3.63) is 36.0 Å². The molecule has 0 aliphatic heterocycles. The Morgan fingerprint density at radius 3 is 2.39 bits per heavy atom. The van der Waals surface area contributed by atoms with Gasteiger partial charge in [0.2, 0.25) is 11.9 Å². The number of amides is 1. The third kappa shape index (κ3) is 4.95. The lowest BCUT2D eigenvalue weighted by Crippen LogP contribution is -2.12. The lowest BCUT2D eigenvalue weighted by atomic mass is 10.2. The molecule has 0 saturated carbocycles. The maximum Gasteiger partial charge on any atom is 0.229 e. The molecule has 0 atom stereocenters. The molecule has 2 rings (SSSR count). The van der Waals surface area contributed by atoms with Crippen molar-refractivity contribution in [3.63, 3.8) is 0 Å². The lowest BCUT2D eigenvalue weighted by molar-refractivity contribution is -0.116. The van der Waals surface area contributed by atoms with Gasteiger partial charge in [0, 0.05) is 43.7 Å². The summed E-state index contributed by atoms with van der Waals surface area (Å²) in [6, 6.07) is 9.43. The Morgan fingerprint density at radius 1 is 1.13 bits per heavy atom. The number of carbonyl (C=O) groups is 1. The molecule has 6 nitrogen and oxygen atoms in total. The largest absolute Gasteiger partial charge is 0.363 e. The normalized spacial score (nSPS) is 10.3. The molecule has 0 radical (unpaired) electrons. The zero-order valence-electron chi connectivity index (χ0n) is 14.1. The highest BCUT2D eigenvalue weighted by molar-refractivity contribution is 5.90. The van der Waals surface area contributed by atoms with E-state index in [2.05, 4.69) is 20.6 Å². The van der Waals surface area contributed by atoms with Gasteiger partial charge in [0.1, 0.15) is 5.82 Å². The second-order valence-electron chi connectivity index (χ2n) is 5.59. The fraction of sp³-hybridized carbons (Fsp3) is 0.353. The van der Waals surface area contributed by atoms with Crippen molar-refractivity contribution in [2.24, 2.45) is 0 Å². The fourth-order valence-electron chi connectivity index (χ4n) is 2.05. The van der Waals surface area contributed by atoms with Crippen LogP contribution in [0.5, 0.6) is 0 Å². The summed E-state index contributed by atoms with van der Waals surface area (Å²) in [5.41, 5.74) is 2.55. The number of carbonyl (C=O) groups excluding carboxylic acids is 1. The molecule has 0 unspecified atom stereocenters. The molecule has 1 amide bonds. The predicted molar refractivity (Wildman–Crippen MR) is 94.4 cm³/mol. The molecule has 1 heterocycles. The minimum absolute atomic E-state index is 0.0332. The zero-order chi connectivity index (χ0) is 16.8. The topological polar surface area (TPSA) is 70.2 Å². The highest BCUT2D eigenvalue weighted by Crippen LogP contribution is 2.19. The Kier molecular flexibility index (Phi) is 5.51. The molecule has 0 saturated heterocycles. The Morgan fingerprint density at radius 2 is 1.78 bits per heavy atom. The molecule has 0 aliphatic carbocycles. The van der Waals surface area contributed by atoms with Gasteiger partial charge in [-0.3, -0.25) is 4.79 Å². The van der Waals surface area contributed by atoms with E-state index >= 15 is 0 Å². The number of hydrogen-bond acceptors (Lipinski definition) is 5. The average molecular weight is 313 g/mol. The van der Waals surface area contributed by atoms with Crippen molar-refractivity contribution < 1.29 is 4.79 Å². The van der Waals surface area contributed by atoms with Gasteiger partial charge >= 0.3 is 0 Å². The summed E-state index contributed by atoms with van der Waals surface area (Å²) < 4.78 is 0. The molecule has 23 heavy (non-hydrogen) atoms. The monoisotopic (exact) mass is 313 g/mol. The van der Waals surface area contributed by atoms with E-state index < -0.39 is 0 Å². The highest BCUT2D eigenvalue weighted by Gasteiger charge is 2.05. The smallest absolute Gasteiger partial charge is 0.229 e. The van der Waals surface area contributed by atoms with E-state index in [0.29, 0.717) is 12.4 Å². The maximum atomic E-state index is 11.6. The summed E-state index contributed by atoms with van der Waals surface area (Å²) >= 11 is 0.